The first-order valence-electron chi connectivity index (χ1n) is 4.85. The molecule has 5 heteroatoms. The van der Waals surface area contributed by atoms with Gasteiger partial charge >= 0.3 is 0 Å². The Kier molecular flexibility index (Phi) is 2.39. The fourth-order valence-electron chi connectivity index (χ4n) is 2.74. The van der Waals surface area contributed by atoms with Crippen LogP contribution >= 0.6 is 0 Å². The summed E-state index contributed by atoms with van der Waals surface area (Å²) >= 11 is 0. The molecule has 2 unspecified atom stereocenters. The van der Waals surface area contributed by atoms with E-state index in [1.165, 1.54) is 0 Å². The standard InChI is InChI=1S/C9H14O4S/c10-3-9-6-1-8(11)2-7(9)5-14(12,13)4-6/h6-7,9-10H,1-5H2. The molecule has 1 saturated carbocycles. The summed E-state index contributed by atoms with van der Waals surface area (Å²) in [4.78, 5) is 11.3. The van der Waals surface area contributed by atoms with Crippen molar-refractivity contribution in [2.24, 2.45) is 17.8 Å². The van der Waals surface area contributed by atoms with Crippen molar-refractivity contribution in [1.29, 1.82) is 0 Å². The van der Waals surface area contributed by atoms with Crippen LogP contribution in [0.5, 0.6) is 0 Å². The van der Waals surface area contributed by atoms with Crippen LogP contribution in [0.2, 0.25) is 0 Å². The summed E-state index contributed by atoms with van der Waals surface area (Å²) in [6.07, 6.45) is 0.669. The normalized spacial score (nSPS) is 40.9. The molecule has 2 rings (SSSR count). The molecule has 1 saturated heterocycles. The van der Waals surface area contributed by atoms with Crippen molar-refractivity contribution < 1.29 is 18.3 Å². The van der Waals surface area contributed by atoms with E-state index in [0.717, 1.165) is 0 Å². The van der Waals surface area contributed by atoms with Gasteiger partial charge in [0.1, 0.15) is 5.78 Å². The average molecular weight is 218 g/mol. The van der Waals surface area contributed by atoms with Gasteiger partial charge in [-0.15, -0.1) is 0 Å². The SMILES string of the molecule is O=C1CC2CS(=O)(=O)CC(C1)C2CO. The molecule has 2 bridgehead atoms. The van der Waals surface area contributed by atoms with Crippen LogP contribution in [0.15, 0.2) is 0 Å². The topological polar surface area (TPSA) is 71.4 Å². The quantitative estimate of drug-likeness (QED) is 0.651. The molecule has 0 aromatic carbocycles. The van der Waals surface area contributed by atoms with Gasteiger partial charge in [0.15, 0.2) is 9.84 Å². The van der Waals surface area contributed by atoms with E-state index in [9.17, 15) is 13.2 Å². The zero-order valence-corrected chi connectivity index (χ0v) is 8.66. The smallest absolute Gasteiger partial charge is 0.150 e. The van der Waals surface area contributed by atoms with Gasteiger partial charge in [0, 0.05) is 19.4 Å². The third kappa shape index (κ3) is 1.70. The zero-order valence-electron chi connectivity index (χ0n) is 7.85. The lowest BCUT2D eigenvalue weighted by Gasteiger charge is -2.40. The van der Waals surface area contributed by atoms with Crippen LogP contribution in [-0.2, 0) is 14.6 Å². The van der Waals surface area contributed by atoms with Crippen molar-refractivity contribution in [1.82, 2.24) is 0 Å². The zero-order chi connectivity index (χ0) is 10.3. The van der Waals surface area contributed by atoms with Crippen LogP contribution < -0.4 is 0 Å². The molecule has 2 fully saturated rings. The lowest BCUT2D eigenvalue weighted by molar-refractivity contribution is -0.124. The Balaban J connectivity index is 2.27. The van der Waals surface area contributed by atoms with Gasteiger partial charge < -0.3 is 5.11 Å². The molecule has 2 aliphatic rings. The summed E-state index contributed by atoms with van der Waals surface area (Å²) in [5.74, 6) is 0.0758. The second kappa shape index (κ2) is 3.31. The van der Waals surface area contributed by atoms with Gasteiger partial charge in [-0.2, -0.15) is 0 Å². The van der Waals surface area contributed by atoms with Gasteiger partial charge in [-0.1, -0.05) is 0 Å². The predicted molar refractivity (Wildman–Crippen MR) is 50.5 cm³/mol. The number of Topliss-reactive ketones (excluding diaryl/α,β-unsaturated/α-hetero) is 1. The number of hydrogen-bond donors (Lipinski definition) is 1. The summed E-state index contributed by atoms with van der Waals surface area (Å²) in [5.41, 5.74) is 0. The molecule has 1 heterocycles. The number of hydrogen-bond acceptors (Lipinski definition) is 4. The van der Waals surface area contributed by atoms with Crippen molar-refractivity contribution in [3.8, 4) is 0 Å². The van der Waals surface area contributed by atoms with Crippen LogP contribution in [-0.4, -0.2) is 37.4 Å². The average Bonchev–Trinajstić information content (AvgIpc) is 1.99. The van der Waals surface area contributed by atoms with Gasteiger partial charge in [-0.25, -0.2) is 8.42 Å². The molecule has 0 spiro atoms. The highest BCUT2D eigenvalue weighted by molar-refractivity contribution is 7.91. The molecule has 1 aliphatic heterocycles. The fraction of sp³-hybridized carbons (Fsp3) is 0.889. The van der Waals surface area contributed by atoms with E-state index < -0.39 is 9.84 Å². The number of carbonyl (C=O) groups is 1. The number of fused-ring (bicyclic) bond motifs is 2. The number of sulfone groups is 1. The summed E-state index contributed by atoms with van der Waals surface area (Å²) in [6.45, 7) is 0.0120. The minimum atomic E-state index is -2.97. The molecule has 0 amide bonds. The van der Waals surface area contributed by atoms with Crippen LogP contribution in [0.1, 0.15) is 12.8 Å². The Morgan fingerprint density at radius 2 is 1.71 bits per heavy atom. The largest absolute Gasteiger partial charge is 0.396 e. The number of rotatable bonds is 1. The van der Waals surface area contributed by atoms with E-state index in [4.69, 9.17) is 5.11 Å². The second-order valence-electron chi connectivity index (χ2n) is 4.39. The number of aliphatic hydroxyl groups is 1. The Morgan fingerprint density at radius 1 is 1.21 bits per heavy atom. The summed E-state index contributed by atoms with van der Waals surface area (Å²) in [7, 11) is -2.97. The van der Waals surface area contributed by atoms with Crippen molar-refractivity contribution in [2.45, 2.75) is 12.8 Å². The maximum Gasteiger partial charge on any atom is 0.150 e. The van der Waals surface area contributed by atoms with Gasteiger partial charge in [-0.3, -0.25) is 4.79 Å². The summed E-state index contributed by atoms with van der Waals surface area (Å²) in [6, 6.07) is 0. The number of carbonyl (C=O) groups excluding carboxylic acids is 1. The Labute approximate surface area is 83.2 Å². The number of ketones is 1. The third-order valence-corrected chi connectivity index (χ3v) is 5.21. The molecule has 2 atom stereocenters. The molecule has 14 heavy (non-hydrogen) atoms. The Morgan fingerprint density at radius 3 is 2.14 bits per heavy atom. The van der Waals surface area contributed by atoms with Gasteiger partial charge in [0.05, 0.1) is 11.5 Å². The fourth-order valence-corrected chi connectivity index (χ4v) is 4.91. The number of aliphatic hydroxyl groups excluding tert-OH is 1. The summed E-state index contributed by atoms with van der Waals surface area (Å²) in [5, 5.41) is 9.15. The summed E-state index contributed by atoms with van der Waals surface area (Å²) < 4.78 is 22.9. The lowest BCUT2D eigenvalue weighted by Crippen LogP contribution is -2.46. The maximum atomic E-state index is 11.4. The van der Waals surface area contributed by atoms with Crippen molar-refractivity contribution in [3.63, 3.8) is 0 Å². The van der Waals surface area contributed by atoms with Crippen LogP contribution in [0.3, 0.4) is 0 Å². The van der Waals surface area contributed by atoms with E-state index in [1.54, 1.807) is 0 Å². The van der Waals surface area contributed by atoms with Crippen LogP contribution in [0, 0.1) is 17.8 Å². The Bertz CT molecular complexity index is 322. The third-order valence-electron chi connectivity index (χ3n) is 3.34. The molecular formula is C9H14O4S. The molecule has 80 valence electrons. The molecular weight excluding hydrogens is 204 g/mol. The second-order valence-corrected chi connectivity index (χ2v) is 6.54. The van der Waals surface area contributed by atoms with E-state index in [0.29, 0.717) is 12.8 Å². The van der Waals surface area contributed by atoms with E-state index in [-0.39, 0.29) is 41.6 Å². The highest BCUT2D eigenvalue weighted by Crippen LogP contribution is 2.38. The molecule has 0 aromatic heterocycles. The monoisotopic (exact) mass is 218 g/mol. The van der Waals surface area contributed by atoms with E-state index >= 15 is 0 Å². The van der Waals surface area contributed by atoms with E-state index in [1.807, 2.05) is 0 Å². The van der Waals surface area contributed by atoms with Crippen LogP contribution in [0.4, 0.5) is 0 Å². The lowest BCUT2D eigenvalue weighted by atomic mass is 9.73. The van der Waals surface area contributed by atoms with Crippen molar-refractivity contribution in [3.05, 3.63) is 0 Å². The van der Waals surface area contributed by atoms with Gasteiger partial charge in [0.25, 0.3) is 0 Å². The first-order chi connectivity index (χ1) is 6.52. The highest BCUT2D eigenvalue weighted by Gasteiger charge is 2.44. The first-order valence-corrected chi connectivity index (χ1v) is 6.67. The van der Waals surface area contributed by atoms with Crippen molar-refractivity contribution in [2.75, 3.05) is 18.1 Å². The highest BCUT2D eigenvalue weighted by atomic mass is 32.2. The Hall–Kier alpha value is -0.420. The predicted octanol–water partition coefficient (Wildman–Crippen LogP) is -0.381. The van der Waals surface area contributed by atoms with E-state index in [2.05, 4.69) is 0 Å². The molecule has 0 radical (unpaired) electrons. The minimum absolute atomic E-state index is 0.0120. The van der Waals surface area contributed by atoms with Crippen LogP contribution in [0.25, 0.3) is 0 Å². The van der Waals surface area contributed by atoms with Crippen molar-refractivity contribution >= 4 is 15.6 Å². The van der Waals surface area contributed by atoms with Gasteiger partial charge in [0.2, 0.25) is 0 Å². The molecule has 0 aromatic rings. The molecule has 1 N–H and O–H groups in total. The molecule has 4 nitrogen and oxygen atoms in total. The first kappa shape index (κ1) is 10.1. The molecule has 1 aliphatic carbocycles. The van der Waals surface area contributed by atoms with Gasteiger partial charge in [-0.05, 0) is 17.8 Å². The minimum Gasteiger partial charge on any atom is -0.396 e. The maximum absolute atomic E-state index is 11.4.